The van der Waals surface area contributed by atoms with E-state index in [1.54, 1.807) is 7.11 Å². The summed E-state index contributed by atoms with van der Waals surface area (Å²) in [5.41, 5.74) is 1.30. The van der Waals surface area contributed by atoms with Crippen molar-refractivity contribution >= 4 is 0 Å². The number of hydrogen-bond acceptors (Lipinski definition) is 1. The Hall–Kier alpha value is -0.560. The summed E-state index contributed by atoms with van der Waals surface area (Å²) in [5, 5.41) is 0. The van der Waals surface area contributed by atoms with E-state index in [2.05, 4.69) is 25.2 Å². The summed E-state index contributed by atoms with van der Waals surface area (Å²) >= 11 is 0. The summed E-state index contributed by atoms with van der Waals surface area (Å²) in [7, 11) is 1.74. The maximum Gasteiger partial charge on any atom is 0.0792 e. The van der Waals surface area contributed by atoms with Crippen LogP contribution in [0.25, 0.3) is 0 Å². The molecule has 1 nitrogen and oxygen atoms in total. The van der Waals surface area contributed by atoms with E-state index in [4.69, 9.17) is 4.74 Å². The van der Waals surface area contributed by atoms with Crippen LogP contribution in [0.3, 0.4) is 0 Å². The van der Waals surface area contributed by atoms with E-state index < -0.39 is 0 Å². The maximum atomic E-state index is 5.13. The minimum Gasteiger partial charge on any atom is -0.377 e. The number of hydrogen-bond donors (Lipinski definition) is 0. The van der Waals surface area contributed by atoms with Crippen LogP contribution in [0.1, 0.15) is 13.3 Å². The predicted molar refractivity (Wildman–Crippen MR) is 38.3 cm³/mol. The van der Waals surface area contributed by atoms with Crippen LogP contribution in [0.5, 0.6) is 0 Å². The first-order valence-corrected chi connectivity index (χ1v) is 3.20. The third-order valence-electron chi connectivity index (χ3n) is 1.50. The molecular weight excluding hydrogens is 112 g/mol. The molecule has 9 heavy (non-hydrogen) atoms. The van der Waals surface area contributed by atoms with E-state index in [1.807, 2.05) is 0 Å². The number of allylic oxidation sites excluding steroid dienone is 2. The molecular formula is C8H12O. The third-order valence-corrected chi connectivity index (χ3v) is 1.50. The van der Waals surface area contributed by atoms with Crippen LogP contribution in [-0.2, 0) is 4.74 Å². The first-order valence-electron chi connectivity index (χ1n) is 3.20. The lowest BCUT2D eigenvalue weighted by Crippen LogP contribution is -2.07. The monoisotopic (exact) mass is 124 g/mol. The van der Waals surface area contributed by atoms with Gasteiger partial charge < -0.3 is 4.74 Å². The van der Waals surface area contributed by atoms with Crippen molar-refractivity contribution in [3.05, 3.63) is 23.8 Å². The minimum absolute atomic E-state index is 0.315. The molecule has 0 fully saturated rings. The van der Waals surface area contributed by atoms with Gasteiger partial charge in [-0.15, -0.1) is 0 Å². The van der Waals surface area contributed by atoms with Crippen molar-refractivity contribution in [1.82, 2.24) is 0 Å². The molecule has 1 atom stereocenters. The van der Waals surface area contributed by atoms with Crippen molar-refractivity contribution in [2.24, 2.45) is 0 Å². The van der Waals surface area contributed by atoms with Crippen LogP contribution in [0.4, 0.5) is 0 Å². The molecule has 0 radical (unpaired) electrons. The lowest BCUT2D eigenvalue weighted by molar-refractivity contribution is 0.142. The van der Waals surface area contributed by atoms with Gasteiger partial charge in [-0.1, -0.05) is 23.8 Å². The smallest absolute Gasteiger partial charge is 0.0792 e. The van der Waals surface area contributed by atoms with Crippen LogP contribution in [-0.4, -0.2) is 13.2 Å². The highest BCUT2D eigenvalue weighted by molar-refractivity contribution is 5.22. The highest BCUT2D eigenvalue weighted by Gasteiger charge is 2.03. The van der Waals surface area contributed by atoms with Crippen molar-refractivity contribution in [3.63, 3.8) is 0 Å². The molecule has 1 heteroatoms. The van der Waals surface area contributed by atoms with Gasteiger partial charge in [-0.3, -0.25) is 0 Å². The Morgan fingerprint density at radius 1 is 1.67 bits per heavy atom. The van der Waals surface area contributed by atoms with Gasteiger partial charge in [-0.05, 0) is 13.3 Å². The van der Waals surface area contributed by atoms with Crippen LogP contribution in [0.2, 0.25) is 0 Å². The molecule has 0 N–H and O–H groups in total. The van der Waals surface area contributed by atoms with Gasteiger partial charge in [0.05, 0.1) is 6.10 Å². The van der Waals surface area contributed by atoms with Gasteiger partial charge in [0.1, 0.15) is 0 Å². The zero-order chi connectivity index (χ0) is 6.69. The van der Waals surface area contributed by atoms with Crippen molar-refractivity contribution in [2.75, 3.05) is 7.11 Å². The Kier molecular flexibility index (Phi) is 2.06. The second-order valence-electron chi connectivity index (χ2n) is 2.32. The summed E-state index contributed by atoms with van der Waals surface area (Å²) < 4.78 is 5.13. The van der Waals surface area contributed by atoms with Gasteiger partial charge in [0.25, 0.3) is 0 Å². The highest BCUT2D eigenvalue weighted by Crippen LogP contribution is 2.11. The van der Waals surface area contributed by atoms with Gasteiger partial charge in [-0.2, -0.15) is 0 Å². The predicted octanol–water partition coefficient (Wildman–Crippen LogP) is 1.91. The summed E-state index contributed by atoms with van der Waals surface area (Å²) in [4.78, 5) is 0. The fourth-order valence-corrected chi connectivity index (χ4v) is 0.969. The topological polar surface area (TPSA) is 9.23 Å². The molecule has 0 saturated heterocycles. The quantitative estimate of drug-likeness (QED) is 0.518. The molecule has 0 aromatic heterocycles. The van der Waals surface area contributed by atoms with Crippen LogP contribution in [0.15, 0.2) is 23.8 Å². The van der Waals surface area contributed by atoms with E-state index in [-0.39, 0.29) is 0 Å². The highest BCUT2D eigenvalue weighted by atomic mass is 16.5. The SMILES string of the molecule is CO[C@H]1C=C(C)C=CC1. The normalized spacial score (nSPS) is 26.0. The van der Waals surface area contributed by atoms with E-state index >= 15 is 0 Å². The van der Waals surface area contributed by atoms with Gasteiger partial charge in [0.15, 0.2) is 0 Å². The summed E-state index contributed by atoms with van der Waals surface area (Å²) in [6.07, 6.45) is 7.74. The third kappa shape index (κ3) is 1.68. The minimum atomic E-state index is 0.315. The second kappa shape index (κ2) is 2.83. The molecule has 0 amide bonds. The number of rotatable bonds is 1. The van der Waals surface area contributed by atoms with Crippen molar-refractivity contribution < 1.29 is 4.74 Å². The molecule has 0 aliphatic heterocycles. The lowest BCUT2D eigenvalue weighted by Gasteiger charge is -2.12. The molecule has 0 bridgehead atoms. The number of ether oxygens (including phenoxy) is 1. The Morgan fingerprint density at radius 2 is 2.44 bits per heavy atom. The maximum absolute atomic E-state index is 5.13. The van der Waals surface area contributed by atoms with E-state index in [0.717, 1.165) is 6.42 Å². The van der Waals surface area contributed by atoms with Crippen LogP contribution in [0, 0.1) is 0 Å². The van der Waals surface area contributed by atoms with Gasteiger partial charge in [0.2, 0.25) is 0 Å². The van der Waals surface area contributed by atoms with E-state index in [0.29, 0.717) is 6.10 Å². The fourth-order valence-electron chi connectivity index (χ4n) is 0.969. The van der Waals surface area contributed by atoms with Gasteiger partial charge >= 0.3 is 0 Å². The molecule has 1 aliphatic rings. The molecule has 0 saturated carbocycles. The Morgan fingerprint density at radius 3 is 2.89 bits per heavy atom. The largest absolute Gasteiger partial charge is 0.377 e. The van der Waals surface area contributed by atoms with Gasteiger partial charge in [0, 0.05) is 7.11 Å². The Labute approximate surface area is 56.0 Å². The summed E-state index contributed by atoms with van der Waals surface area (Å²) in [6, 6.07) is 0. The average Bonchev–Trinajstić information content (AvgIpc) is 1.88. The lowest BCUT2D eigenvalue weighted by atomic mass is 10.1. The van der Waals surface area contributed by atoms with Gasteiger partial charge in [-0.25, -0.2) is 0 Å². The van der Waals surface area contributed by atoms with E-state index in [9.17, 15) is 0 Å². The molecule has 0 aromatic carbocycles. The molecule has 0 spiro atoms. The standard InChI is InChI=1S/C8H12O/c1-7-4-3-5-8(6-7)9-2/h3-4,6,8H,5H2,1-2H3/t8-/m1/s1. The molecule has 0 unspecified atom stereocenters. The molecule has 1 rings (SSSR count). The first kappa shape index (κ1) is 6.56. The first-order chi connectivity index (χ1) is 4.33. The van der Waals surface area contributed by atoms with E-state index in [1.165, 1.54) is 5.57 Å². The fraction of sp³-hybridized carbons (Fsp3) is 0.500. The van der Waals surface area contributed by atoms with Crippen molar-refractivity contribution in [2.45, 2.75) is 19.4 Å². The summed E-state index contributed by atoms with van der Waals surface area (Å²) in [6.45, 7) is 2.08. The Bertz CT molecular complexity index is 145. The van der Waals surface area contributed by atoms with Crippen LogP contribution < -0.4 is 0 Å². The molecule has 0 aromatic rings. The number of methoxy groups -OCH3 is 1. The Balaban J connectivity index is 2.55. The molecule has 50 valence electrons. The molecule has 1 aliphatic carbocycles. The zero-order valence-corrected chi connectivity index (χ0v) is 5.92. The van der Waals surface area contributed by atoms with Crippen LogP contribution >= 0.6 is 0 Å². The van der Waals surface area contributed by atoms with Crippen molar-refractivity contribution in [1.29, 1.82) is 0 Å². The average molecular weight is 124 g/mol. The van der Waals surface area contributed by atoms with Crippen molar-refractivity contribution in [3.8, 4) is 0 Å². The molecule has 0 heterocycles. The summed E-state index contributed by atoms with van der Waals surface area (Å²) in [5.74, 6) is 0. The zero-order valence-electron chi connectivity index (χ0n) is 5.92. The second-order valence-corrected chi connectivity index (χ2v) is 2.32.